The van der Waals surface area contributed by atoms with Gasteiger partial charge in [0, 0.05) is 4.90 Å². The van der Waals surface area contributed by atoms with Crippen LogP contribution in [0.4, 0.5) is 5.69 Å². The lowest BCUT2D eigenvalue weighted by atomic mass is 10.2. The van der Waals surface area contributed by atoms with Crippen molar-refractivity contribution in [2.75, 3.05) is 12.8 Å². The van der Waals surface area contributed by atoms with Gasteiger partial charge < -0.3 is 10.5 Å². The third-order valence-corrected chi connectivity index (χ3v) is 4.02. The molecule has 0 bridgehead atoms. The molecule has 0 saturated carbocycles. The van der Waals surface area contributed by atoms with Crippen molar-refractivity contribution < 1.29 is 9.53 Å². The molecule has 2 rings (SSSR count). The van der Waals surface area contributed by atoms with E-state index in [1.165, 1.54) is 24.4 Å². The number of anilines is 1. The quantitative estimate of drug-likeness (QED) is 0.878. The molecule has 0 aliphatic rings. The Hall–Kier alpha value is -2.01. The van der Waals surface area contributed by atoms with Gasteiger partial charge in [-0.25, -0.2) is 9.78 Å². The van der Waals surface area contributed by atoms with Crippen molar-refractivity contribution in [1.82, 2.24) is 4.98 Å². The van der Waals surface area contributed by atoms with Crippen molar-refractivity contribution in [2.45, 2.75) is 23.8 Å². The number of nitrogens with two attached hydrogens (primary N) is 1. The number of carbonyl (C=O) groups excluding carboxylic acids is 1. The van der Waals surface area contributed by atoms with E-state index in [0.717, 1.165) is 10.5 Å². The maximum absolute atomic E-state index is 11.5. The molecule has 4 nitrogen and oxygen atoms in total. The summed E-state index contributed by atoms with van der Waals surface area (Å²) >= 11 is 1.45. The third kappa shape index (κ3) is 3.11. The molecule has 0 saturated heterocycles. The molecule has 104 valence electrons. The summed E-state index contributed by atoms with van der Waals surface area (Å²) in [5, 5.41) is 0.611. The molecule has 1 aromatic heterocycles. The number of ether oxygens (including phenoxy) is 1. The van der Waals surface area contributed by atoms with Gasteiger partial charge in [-0.2, -0.15) is 0 Å². The zero-order valence-corrected chi connectivity index (χ0v) is 12.5. The Morgan fingerprint density at radius 2 is 2.00 bits per heavy atom. The molecule has 1 heterocycles. The van der Waals surface area contributed by atoms with Crippen molar-refractivity contribution in [2.24, 2.45) is 0 Å². The summed E-state index contributed by atoms with van der Waals surface area (Å²) in [5.74, 6) is -0.465. The lowest BCUT2D eigenvalue weighted by Gasteiger charge is -2.09. The average Bonchev–Trinajstić information content (AvgIpc) is 2.43. The van der Waals surface area contributed by atoms with Crippen LogP contribution in [0.15, 0.2) is 40.3 Å². The van der Waals surface area contributed by atoms with Crippen LogP contribution >= 0.6 is 11.8 Å². The maximum atomic E-state index is 11.5. The number of hydrogen-bond acceptors (Lipinski definition) is 5. The Labute approximate surface area is 122 Å². The standard InChI is InChI=1S/C15H16N2O2S/c1-9-4-7-13(10(2)8-9)20-14-11(16)5-6-12(17-14)15(18)19-3/h4-8H,16H2,1-3H3. The normalized spacial score (nSPS) is 10.3. The predicted molar refractivity (Wildman–Crippen MR) is 80.0 cm³/mol. The number of aryl methyl sites for hydroxylation is 2. The lowest BCUT2D eigenvalue weighted by Crippen LogP contribution is -2.06. The van der Waals surface area contributed by atoms with Crippen LogP contribution in [0.5, 0.6) is 0 Å². The van der Waals surface area contributed by atoms with Gasteiger partial charge in [-0.1, -0.05) is 29.5 Å². The number of methoxy groups -OCH3 is 1. The first-order valence-corrected chi connectivity index (χ1v) is 6.93. The van der Waals surface area contributed by atoms with Crippen LogP contribution in [0, 0.1) is 13.8 Å². The van der Waals surface area contributed by atoms with Gasteiger partial charge in [-0.3, -0.25) is 0 Å². The Morgan fingerprint density at radius 3 is 2.65 bits per heavy atom. The molecule has 0 aliphatic heterocycles. The number of carbonyl (C=O) groups is 1. The second-order valence-corrected chi connectivity index (χ2v) is 5.48. The van der Waals surface area contributed by atoms with E-state index < -0.39 is 5.97 Å². The molecule has 0 radical (unpaired) electrons. The third-order valence-electron chi connectivity index (χ3n) is 2.82. The number of nitrogen functional groups attached to an aromatic ring is 1. The molecule has 0 amide bonds. The first-order valence-electron chi connectivity index (χ1n) is 6.11. The number of esters is 1. The fourth-order valence-electron chi connectivity index (χ4n) is 1.77. The molecular weight excluding hydrogens is 272 g/mol. The van der Waals surface area contributed by atoms with E-state index >= 15 is 0 Å². The van der Waals surface area contributed by atoms with Gasteiger partial charge in [0.15, 0.2) is 0 Å². The van der Waals surface area contributed by atoms with E-state index in [2.05, 4.69) is 15.8 Å². The summed E-state index contributed by atoms with van der Waals surface area (Å²) < 4.78 is 4.67. The highest BCUT2D eigenvalue weighted by molar-refractivity contribution is 7.99. The number of rotatable bonds is 3. The van der Waals surface area contributed by atoms with Crippen LogP contribution in [-0.4, -0.2) is 18.1 Å². The molecule has 0 unspecified atom stereocenters. The summed E-state index contributed by atoms with van der Waals surface area (Å²) in [6.45, 7) is 4.08. The minimum Gasteiger partial charge on any atom is -0.464 e. The maximum Gasteiger partial charge on any atom is 0.356 e. The highest BCUT2D eigenvalue weighted by Crippen LogP contribution is 2.33. The summed E-state index contributed by atoms with van der Waals surface area (Å²) in [5.41, 5.74) is 9.08. The van der Waals surface area contributed by atoms with Gasteiger partial charge in [0.05, 0.1) is 12.8 Å². The first-order chi connectivity index (χ1) is 9.51. The van der Waals surface area contributed by atoms with Crippen LogP contribution in [-0.2, 0) is 4.74 Å². The van der Waals surface area contributed by atoms with Crippen LogP contribution in [0.1, 0.15) is 21.6 Å². The van der Waals surface area contributed by atoms with Crippen molar-refractivity contribution in [3.63, 3.8) is 0 Å². The zero-order chi connectivity index (χ0) is 14.7. The van der Waals surface area contributed by atoms with E-state index in [1.807, 2.05) is 26.0 Å². The molecule has 5 heteroatoms. The molecule has 0 fully saturated rings. The largest absolute Gasteiger partial charge is 0.464 e. The van der Waals surface area contributed by atoms with E-state index in [4.69, 9.17) is 5.73 Å². The Kier molecular flexibility index (Phi) is 4.29. The minimum atomic E-state index is -0.465. The monoisotopic (exact) mass is 288 g/mol. The molecule has 2 aromatic rings. The number of hydrogen-bond donors (Lipinski definition) is 1. The Balaban J connectivity index is 2.35. The molecule has 1 aromatic carbocycles. The number of benzene rings is 1. The molecule has 0 aliphatic carbocycles. The van der Waals surface area contributed by atoms with Crippen molar-refractivity contribution >= 4 is 23.4 Å². The number of pyridine rings is 1. The average molecular weight is 288 g/mol. The van der Waals surface area contributed by atoms with E-state index in [1.54, 1.807) is 12.1 Å². The lowest BCUT2D eigenvalue weighted by molar-refractivity contribution is 0.0593. The van der Waals surface area contributed by atoms with Gasteiger partial charge >= 0.3 is 5.97 Å². The summed E-state index contributed by atoms with van der Waals surface area (Å²) in [6.07, 6.45) is 0. The fraction of sp³-hybridized carbons (Fsp3) is 0.200. The van der Waals surface area contributed by atoms with Gasteiger partial charge in [0.2, 0.25) is 0 Å². The number of aromatic nitrogens is 1. The molecule has 20 heavy (non-hydrogen) atoms. The predicted octanol–water partition coefficient (Wildman–Crippen LogP) is 3.22. The fourth-order valence-corrected chi connectivity index (χ4v) is 2.66. The first kappa shape index (κ1) is 14.4. The van der Waals surface area contributed by atoms with Crippen LogP contribution in [0.2, 0.25) is 0 Å². The molecule has 0 atom stereocenters. The highest BCUT2D eigenvalue weighted by Gasteiger charge is 2.12. The van der Waals surface area contributed by atoms with Crippen molar-refractivity contribution in [3.8, 4) is 0 Å². The topological polar surface area (TPSA) is 65.2 Å². The SMILES string of the molecule is COC(=O)c1ccc(N)c(Sc2ccc(C)cc2C)n1. The van der Waals surface area contributed by atoms with Crippen molar-refractivity contribution in [3.05, 3.63) is 47.2 Å². The Morgan fingerprint density at radius 1 is 1.25 bits per heavy atom. The molecule has 0 spiro atoms. The summed E-state index contributed by atoms with van der Waals surface area (Å²) in [4.78, 5) is 16.8. The second kappa shape index (κ2) is 5.96. The summed E-state index contributed by atoms with van der Waals surface area (Å²) in [6, 6.07) is 9.40. The molecule has 2 N–H and O–H groups in total. The summed E-state index contributed by atoms with van der Waals surface area (Å²) in [7, 11) is 1.33. The highest BCUT2D eigenvalue weighted by atomic mass is 32.2. The Bertz CT molecular complexity index is 656. The minimum absolute atomic E-state index is 0.258. The zero-order valence-electron chi connectivity index (χ0n) is 11.6. The van der Waals surface area contributed by atoms with E-state index in [0.29, 0.717) is 10.7 Å². The smallest absolute Gasteiger partial charge is 0.356 e. The van der Waals surface area contributed by atoms with Gasteiger partial charge in [0.25, 0.3) is 0 Å². The van der Waals surface area contributed by atoms with Crippen LogP contribution in [0.25, 0.3) is 0 Å². The second-order valence-electron chi connectivity index (χ2n) is 4.45. The van der Waals surface area contributed by atoms with Crippen molar-refractivity contribution in [1.29, 1.82) is 0 Å². The van der Waals surface area contributed by atoms with Gasteiger partial charge in [0.1, 0.15) is 10.7 Å². The van der Waals surface area contributed by atoms with Gasteiger partial charge in [-0.15, -0.1) is 0 Å². The molecular formula is C15H16N2O2S. The van der Waals surface area contributed by atoms with E-state index in [9.17, 15) is 4.79 Å². The van der Waals surface area contributed by atoms with Crippen LogP contribution < -0.4 is 5.73 Å². The van der Waals surface area contributed by atoms with Crippen LogP contribution in [0.3, 0.4) is 0 Å². The number of nitrogens with zero attached hydrogens (tertiary/aromatic N) is 1. The van der Waals surface area contributed by atoms with E-state index in [-0.39, 0.29) is 5.69 Å². The van der Waals surface area contributed by atoms with Gasteiger partial charge in [-0.05, 0) is 37.6 Å².